The Kier molecular flexibility index (Phi) is 7.76. The molecule has 0 radical (unpaired) electrons. The van der Waals surface area contributed by atoms with Crippen LogP contribution in [0.5, 0.6) is 0 Å². The highest BCUT2D eigenvalue weighted by Gasteiger charge is 2.26. The fourth-order valence-electron chi connectivity index (χ4n) is 3.63. The molecule has 1 saturated heterocycles. The predicted molar refractivity (Wildman–Crippen MR) is 121 cm³/mol. The van der Waals surface area contributed by atoms with Gasteiger partial charge in [0.1, 0.15) is 11.6 Å². The van der Waals surface area contributed by atoms with Gasteiger partial charge in [-0.1, -0.05) is 12.1 Å². The fraction of sp³-hybridized carbons (Fsp3) is 0.391. The number of hydrogen-bond donors (Lipinski definition) is 2. The van der Waals surface area contributed by atoms with Crippen molar-refractivity contribution in [2.24, 2.45) is 0 Å². The molecule has 1 fully saturated rings. The lowest BCUT2D eigenvalue weighted by atomic mass is 10.0. The summed E-state index contributed by atoms with van der Waals surface area (Å²) in [6.07, 6.45) is 0. The summed E-state index contributed by atoms with van der Waals surface area (Å²) >= 11 is 0. The van der Waals surface area contributed by atoms with Crippen LogP contribution < -0.4 is 15.5 Å². The molecule has 1 aliphatic rings. The summed E-state index contributed by atoms with van der Waals surface area (Å²) in [7, 11) is 6.00. The number of amides is 2. The van der Waals surface area contributed by atoms with Crippen LogP contribution in [0.15, 0.2) is 42.5 Å². The molecule has 7 nitrogen and oxygen atoms in total. The first-order valence-corrected chi connectivity index (χ1v) is 10.5. The van der Waals surface area contributed by atoms with Crippen molar-refractivity contribution in [2.75, 3.05) is 64.1 Å². The van der Waals surface area contributed by atoms with Crippen LogP contribution in [0.1, 0.15) is 11.6 Å². The Morgan fingerprint density at radius 1 is 1.00 bits per heavy atom. The lowest BCUT2D eigenvalue weighted by Gasteiger charge is -2.38. The highest BCUT2D eigenvalue weighted by atomic mass is 19.1. The summed E-state index contributed by atoms with van der Waals surface area (Å²) < 4.78 is 27.1. The van der Waals surface area contributed by atoms with E-state index in [0.717, 1.165) is 55.6 Å². The SMILES string of the molecule is CN1CCN(C(CNC(=O)C(=O)Nc2cc(F)ccc2F)c2ccc(N(C)C)cc2)CC1. The lowest BCUT2D eigenvalue weighted by molar-refractivity contribution is -0.136. The summed E-state index contributed by atoms with van der Waals surface area (Å²) in [6.45, 7) is 3.67. The molecule has 32 heavy (non-hydrogen) atoms. The maximum atomic E-state index is 13.8. The van der Waals surface area contributed by atoms with E-state index < -0.39 is 23.4 Å². The number of hydrogen-bond acceptors (Lipinski definition) is 5. The van der Waals surface area contributed by atoms with Crippen LogP contribution in [0.25, 0.3) is 0 Å². The first-order chi connectivity index (χ1) is 15.2. The summed E-state index contributed by atoms with van der Waals surface area (Å²) in [5.41, 5.74) is 1.71. The average molecular weight is 446 g/mol. The second-order valence-electron chi connectivity index (χ2n) is 8.13. The molecule has 0 bridgehead atoms. The van der Waals surface area contributed by atoms with Gasteiger partial charge < -0.3 is 20.4 Å². The smallest absolute Gasteiger partial charge is 0.313 e. The molecule has 1 heterocycles. The number of likely N-dealkylation sites (N-methyl/N-ethyl adjacent to an activating group) is 1. The minimum atomic E-state index is -1.05. The van der Waals surface area contributed by atoms with Gasteiger partial charge in [0, 0.05) is 58.6 Å². The standard InChI is InChI=1S/C23H29F2N5O2/c1-28(2)18-7-4-16(5-8-18)21(30-12-10-29(3)11-13-30)15-26-22(31)23(32)27-20-14-17(24)6-9-19(20)25/h4-9,14,21H,10-13,15H2,1-3H3,(H,26,31)(H,27,32). The van der Waals surface area contributed by atoms with Gasteiger partial charge in [0.25, 0.3) is 0 Å². The van der Waals surface area contributed by atoms with E-state index in [4.69, 9.17) is 0 Å². The van der Waals surface area contributed by atoms with Crippen LogP contribution >= 0.6 is 0 Å². The third-order valence-corrected chi connectivity index (χ3v) is 5.61. The van der Waals surface area contributed by atoms with Crippen molar-refractivity contribution in [1.29, 1.82) is 0 Å². The zero-order valence-corrected chi connectivity index (χ0v) is 18.6. The minimum absolute atomic E-state index is 0.123. The number of rotatable bonds is 6. The molecular weight excluding hydrogens is 416 g/mol. The van der Waals surface area contributed by atoms with Gasteiger partial charge in [-0.25, -0.2) is 8.78 Å². The molecule has 1 unspecified atom stereocenters. The number of carbonyl (C=O) groups is 2. The van der Waals surface area contributed by atoms with Crippen molar-refractivity contribution in [1.82, 2.24) is 15.1 Å². The van der Waals surface area contributed by atoms with Gasteiger partial charge in [0.15, 0.2) is 0 Å². The first kappa shape index (κ1) is 23.6. The van der Waals surface area contributed by atoms with Crippen LogP contribution in [0.3, 0.4) is 0 Å². The van der Waals surface area contributed by atoms with E-state index >= 15 is 0 Å². The van der Waals surface area contributed by atoms with Crippen molar-refractivity contribution >= 4 is 23.2 Å². The summed E-state index contributed by atoms with van der Waals surface area (Å²) in [5, 5.41) is 4.78. The Labute approximate surface area is 187 Å². The van der Waals surface area contributed by atoms with Gasteiger partial charge in [-0.05, 0) is 36.9 Å². The number of nitrogens with zero attached hydrogens (tertiary/aromatic N) is 3. The van der Waals surface area contributed by atoms with E-state index in [1.165, 1.54) is 0 Å². The van der Waals surface area contributed by atoms with Crippen molar-refractivity contribution in [3.05, 3.63) is 59.7 Å². The van der Waals surface area contributed by atoms with Gasteiger partial charge in [0.05, 0.1) is 11.7 Å². The Hall–Kier alpha value is -3.04. The molecule has 3 rings (SSSR count). The Bertz CT molecular complexity index is 944. The molecule has 0 aromatic heterocycles. The highest BCUT2D eigenvalue weighted by molar-refractivity contribution is 6.39. The fourth-order valence-corrected chi connectivity index (χ4v) is 3.63. The zero-order chi connectivity index (χ0) is 23.3. The molecule has 9 heteroatoms. The van der Waals surface area contributed by atoms with Crippen molar-refractivity contribution in [3.8, 4) is 0 Å². The van der Waals surface area contributed by atoms with E-state index in [9.17, 15) is 18.4 Å². The van der Waals surface area contributed by atoms with Crippen LogP contribution in [0.4, 0.5) is 20.2 Å². The van der Waals surface area contributed by atoms with E-state index in [1.54, 1.807) is 0 Å². The maximum absolute atomic E-state index is 13.8. The summed E-state index contributed by atoms with van der Waals surface area (Å²) in [5.74, 6) is -3.48. The summed E-state index contributed by atoms with van der Waals surface area (Å²) in [4.78, 5) is 31.1. The Morgan fingerprint density at radius 2 is 1.66 bits per heavy atom. The zero-order valence-electron chi connectivity index (χ0n) is 18.6. The largest absolute Gasteiger partial charge is 0.378 e. The van der Waals surface area contributed by atoms with Crippen molar-refractivity contribution in [2.45, 2.75) is 6.04 Å². The third-order valence-electron chi connectivity index (χ3n) is 5.61. The van der Waals surface area contributed by atoms with E-state index in [2.05, 4.69) is 27.5 Å². The molecule has 2 aromatic rings. The molecule has 2 amide bonds. The van der Waals surface area contributed by atoms with Crippen LogP contribution in [0, 0.1) is 11.6 Å². The summed E-state index contributed by atoms with van der Waals surface area (Å²) in [6, 6.07) is 10.6. The number of carbonyl (C=O) groups excluding carboxylic acids is 2. The molecule has 2 N–H and O–H groups in total. The van der Waals surface area contributed by atoms with Gasteiger partial charge in [-0.2, -0.15) is 0 Å². The van der Waals surface area contributed by atoms with Gasteiger partial charge in [0.2, 0.25) is 0 Å². The maximum Gasteiger partial charge on any atom is 0.313 e. The van der Waals surface area contributed by atoms with E-state index in [-0.39, 0.29) is 18.3 Å². The molecule has 172 valence electrons. The third kappa shape index (κ3) is 6.02. The molecule has 1 atom stereocenters. The first-order valence-electron chi connectivity index (χ1n) is 10.5. The molecule has 1 aliphatic heterocycles. The van der Waals surface area contributed by atoms with Crippen LogP contribution in [-0.2, 0) is 9.59 Å². The van der Waals surface area contributed by atoms with Crippen molar-refractivity contribution < 1.29 is 18.4 Å². The minimum Gasteiger partial charge on any atom is -0.378 e. The number of anilines is 2. The van der Waals surface area contributed by atoms with Gasteiger partial charge in [-0.15, -0.1) is 0 Å². The van der Waals surface area contributed by atoms with E-state index in [1.807, 2.05) is 43.3 Å². The Morgan fingerprint density at radius 3 is 2.28 bits per heavy atom. The normalized spacial score (nSPS) is 15.8. The van der Waals surface area contributed by atoms with Crippen molar-refractivity contribution in [3.63, 3.8) is 0 Å². The highest BCUT2D eigenvalue weighted by Crippen LogP contribution is 2.24. The Balaban J connectivity index is 1.69. The quantitative estimate of drug-likeness (QED) is 0.667. The monoisotopic (exact) mass is 445 g/mol. The average Bonchev–Trinajstić information content (AvgIpc) is 2.77. The van der Waals surface area contributed by atoms with Gasteiger partial charge in [-0.3, -0.25) is 14.5 Å². The number of benzene rings is 2. The van der Waals surface area contributed by atoms with Gasteiger partial charge >= 0.3 is 11.8 Å². The molecule has 0 saturated carbocycles. The molecule has 2 aromatic carbocycles. The number of nitrogens with one attached hydrogen (secondary N) is 2. The van der Waals surface area contributed by atoms with Crippen LogP contribution in [0.2, 0.25) is 0 Å². The molecular formula is C23H29F2N5O2. The van der Waals surface area contributed by atoms with E-state index in [0.29, 0.717) is 0 Å². The molecule has 0 spiro atoms. The van der Waals surface area contributed by atoms with Crippen LogP contribution in [-0.4, -0.2) is 75.5 Å². The molecule has 0 aliphatic carbocycles. The predicted octanol–water partition coefficient (Wildman–Crippen LogP) is 2.07. The second-order valence-corrected chi connectivity index (χ2v) is 8.13. The topological polar surface area (TPSA) is 67.9 Å². The number of halogens is 2. The number of piperazine rings is 1. The second kappa shape index (κ2) is 10.5. The lowest BCUT2D eigenvalue weighted by Crippen LogP contribution is -2.49.